The summed E-state index contributed by atoms with van der Waals surface area (Å²) in [4.78, 5) is 26.5. The van der Waals surface area contributed by atoms with Gasteiger partial charge in [0.1, 0.15) is 10.7 Å². The number of carbonyl (C=O) groups excluding carboxylic acids is 2. The molecular weight excluding hydrogens is 377 g/mol. The second-order valence-corrected chi connectivity index (χ2v) is 7.81. The molecule has 0 N–H and O–H groups in total. The zero-order valence-corrected chi connectivity index (χ0v) is 17.2. The lowest BCUT2D eigenvalue weighted by Gasteiger charge is -2.10. The number of thiophene rings is 1. The van der Waals surface area contributed by atoms with E-state index < -0.39 is 5.97 Å². The van der Waals surface area contributed by atoms with Crippen LogP contribution in [0, 0.1) is 26.6 Å². The molecule has 3 aromatic rings. The largest absolute Gasteiger partial charge is 0.453 e. The maximum Gasteiger partial charge on any atom is 0.348 e. The molecule has 0 aliphatic carbocycles. The van der Waals surface area contributed by atoms with E-state index in [4.69, 9.17) is 4.74 Å². The zero-order valence-electron chi connectivity index (χ0n) is 16.3. The first-order chi connectivity index (χ1) is 13.3. The number of nitrogens with zero attached hydrogens (tertiary/aromatic N) is 1. The smallest absolute Gasteiger partial charge is 0.348 e. The number of Topliss-reactive ketones (excluding diaryl/α,β-unsaturated/α-hetero) is 1. The lowest BCUT2D eigenvalue weighted by Crippen LogP contribution is -2.14. The van der Waals surface area contributed by atoms with Gasteiger partial charge in [-0.1, -0.05) is 13.0 Å². The molecule has 1 aromatic carbocycles. The molecule has 4 nitrogen and oxygen atoms in total. The van der Waals surface area contributed by atoms with E-state index in [0.29, 0.717) is 21.8 Å². The molecule has 146 valence electrons. The van der Waals surface area contributed by atoms with E-state index in [1.807, 2.05) is 25.3 Å². The number of rotatable bonds is 6. The van der Waals surface area contributed by atoms with Crippen LogP contribution in [0.3, 0.4) is 0 Å². The summed E-state index contributed by atoms with van der Waals surface area (Å²) in [6.45, 7) is 7.31. The first-order valence-corrected chi connectivity index (χ1v) is 9.88. The summed E-state index contributed by atoms with van der Waals surface area (Å²) in [5.41, 5.74) is 3.66. The summed E-state index contributed by atoms with van der Waals surface area (Å²) in [5.74, 6) is -1.11. The molecule has 0 fully saturated rings. The van der Waals surface area contributed by atoms with Crippen LogP contribution >= 0.6 is 11.3 Å². The van der Waals surface area contributed by atoms with Gasteiger partial charge in [-0.05, 0) is 63.1 Å². The molecule has 0 amide bonds. The van der Waals surface area contributed by atoms with Crippen LogP contribution in [0.25, 0.3) is 5.69 Å². The summed E-state index contributed by atoms with van der Waals surface area (Å²) in [5, 5.41) is 0. The molecule has 0 unspecified atom stereocenters. The highest BCUT2D eigenvalue weighted by Crippen LogP contribution is 2.24. The van der Waals surface area contributed by atoms with Crippen molar-refractivity contribution >= 4 is 23.1 Å². The molecule has 0 radical (unpaired) electrons. The number of aromatic nitrogens is 1. The van der Waals surface area contributed by atoms with Gasteiger partial charge in [0.05, 0.1) is 0 Å². The van der Waals surface area contributed by atoms with Crippen LogP contribution in [-0.2, 0) is 11.2 Å². The molecule has 0 saturated carbocycles. The molecule has 28 heavy (non-hydrogen) atoms. The molecule has 0 bridgehead atoms. The van der Waals surface area contributed by atoms with Crippen LogP contribution in [-0.4, -0.2) is 22.9 Å². The Morgan fingerprint density at radius 3 is 2.54 bits per heavy atom. The fraction of sp³-hybridized carbons (Fsp3) is 0.273. The van der Waals surface area contributed by atoms with E-state index in [-0.39, 0.29) is 18.2 Å². The van der Waals surface area contributed by atoms with Crippen LogP contribution in [0.5, 0.6) is 0 Å². The molecule has 0 aliphatic rings. The predicted molar refractivity (Wildman–Crippen MR) is 108 cm³/mol. The fourth-order valence-corrected chi connectivity index (χ4v) is 4.32. The second-order valence-electron chi connectivity index (χ2n) is 6.67. The van der Waals surface area contributed by atoms with Crippen molar-refractivity contribution in [3.63, 3.8) is 0 Å². The van der Waals surface area contributed by atoms with Crippen molar-refractivity contribution in [2.45, 2.75) is 34.1 Å². The molecule has 2 heterocycles. The Morgan fingerprint density at radius 2 is 1.89 bits per heavy atom. The summed E-state index contributed by atoms with van der Waals surface area (Å²) in [6, 6.07) is 9.73. The van der Waals surface area contributed by atoms with Gasteiger partial charge in [0.25, 0.3) is 0 Å². The SMILES string of the molecule is CCc1sc(C(=O)OCC(=O)c2cc(C)n(-c3cccc(F)c3)c2C)cc1C. The lowest BCUT2D eigenvalue weighted by atomic mass is 10.1. The third-order valence-electron chi connectivity index (χ3n) is 4.68. The minimum absolute atomic E-state index is 0.284. The number of hydrogen-bond acceptors (Lipinski definition) is 4. The maximum absolute atomic E-state index is 13.6. The van der Waals surface area contributed by atoms with Crippen LogP contribution in [0.1, 0.15) is 48.8 Å². The Kier molecular flexibility index (Phi) is 5.79. The minimum atomic E-state index is -0.486. The summed E-state index contributed by atoms with van der Waals surface area (Å²) in [6.07, 6.45) is 0.856. The Balaban J connectivity index is 1.76. The number of aryl methyl sites for hydroxylation is 3. The van der Waals surface area contributed by atoms with E-state index >= 15 is 0 Å². The summed E-state index contributed by atoms with van der Waals surface area (Å²) in [7, 11) is 0. The highest BCUT2D eigenvalue weighted by atomic mass is 32.1. The van der Waals surface area contributed by atoms with Crippen molar-refractivity contribution in [1.29, 1.82) is 0 Å². The van der Waals surface area contributed by atoms with Gasteiger partial charge in [-0.2, -0.15) is 0 Å². The van der Waals surface area contributed by atoms with E-state index in [0.717, 1.165) is 22.6 Å². The summed E-state index contributed by atoms with van der Waals surface area (Å²) >= 11 is 1.40. The van der Waals surface area contributed by atoms with Crippen molar-refractivity contribution in [1.82, 2.24) is 4.57 Å². The topological polar surface area (TPSA) is 48.3 Å². The van der Waals surface area contributed by atoms with Crippen molar-refractivity contribution < 1.29 is 18.7 Å². The maximum atomic E-state index is 13.6. The van der Waals surface area contributed by atoms with E-state index in [1.54, 1.807) is 31.2 Å². The van der Waals surface area contributed by atoms with Crippen molar-refractivity contribution in [2.24, 2.45) is 0 Å². The van der Waals surface area contributed by atoms with E-state index in [9.17, 15) is 14.0 Å². The van der Waals surface area contributed by atoms with Gasteiger partial charge in [-0.25, -0.2) is 9.18 Å². The quantitative estimate of drug-likeness (QED) is 0.423. The normalized spacial score (nSPS) is 10.9. The average Bonchev–Trinajstić information content (AvgIpc) is 3.18. The van der Waals surface area contributed by atoms with Crippen LogP contribution in [0.2, 0.25) is 0 Å². The first-order valence-electron chi connectivity index (χ1n) is 9.06. The highest BCUT2D eigenvalue weighted by Gasteiger charge is 2.20. The van der Waals surface area contributed by atoms with Gasteiger partial charge in [-0.15, -0.1) is 11.3 Å². The molecule has 3 rings (SSSR count). The van der Waals surface area contributed by atoms with E-state index in [2.05, 4.69) is 0 Å². The number of ether oxygens (including phenoxy) is 1. The van der Waals surface area contributed by atoms with Gasteiger partial charge in [0.15, 0.2) is 6.61 Å². The van der Waals surface area contributed by atoms with Crippen LogP contribution < -0.4 is 0 Å². The number of ketones is 1. The van der Waals surface area contributed by atoms with Gasteiger partial charge < -0.3 is 9.30 Å². The second kappa shape index (κ2) is 8.10. The number of carbonyl (C=O) groups is 2. The number of halogens is 1. The van der Waals surface area contributed by atoms with Crippen molar-refractivity contribution in [3.8, 4) is 5.69 Å². The Morgan fingerprint density at radius 1 is 1.14 bits per heavy atom. The van der Waals surface area contributed by atoms with E-state index in [1.165, 1.54) is 23.5 Å². The molecule has 0 spiro atoms. The number of esters is 1. The highest BCUT2D eigenvalue weighted by molar-refractivity contribution is 7.14. The van der Waals surface area contributed by atoms with Gasteiger partial charge >= 0.3 is 5.97 Å². The number of benzene rings is 1. The molecule has 0 aliphatic heterocycles. The van der Waals surface area contributed by atoms with Gasteiger partial charge in [0, 0.05) is 27.5 Å². The van der Waals surface area contributed by atoms with Crippen LogP contribution in [0.4, 0.5) is 4.39 Å². The Labute approximate surface area is 167 Å². The molecular formula is C22H22FNO3S. The zero-order chi connectivity index (χ0) is 20.4. The Bertz CT molecular complexity index is 1050. The Hall–Kier alpha value is -2.73. The predicted octanol–water partition coefficient (Wildman–Crippen LogP) is 5.21. The third kappa shape index (κ3) is 3.92. The molecule has 0 atom stereocenters. The van der Waals surface area contributed by atoms with Gasteiger partial charge in [0.2, 0.25) is 5.78 Å². The van der Waals surface area contributed by atoms with Crippen LogP contribution in [0.15, 0.2) is 36.4 Å². The average molecular weight is 399 g/mol. The minimum Gasteiger partial charge on any atom is -0.453 e. The third-order valence-corrected chi connectivity index (χ3v) is 6.04. The summed E-state index contributed by atoms with van der Waals surface area (Å²) < 4.78 is 20.6. The van der Waals surface area contributed by atoms with Gasteiger partial charge in [-0.3, -0.25) is 4.79 Å². The molecule has 0 saturated heterocycles. The fourth-order valence-electron chi connectivity index (χ4n) is 3.31. The molecule has 2 aromatic heterocycles. The standard InChI is InChI=1S/C22H22FNO3S/c1-5-20-13(2)9-21(28-20)22(26)27-12-19(25)18-10-14(3)24(15(18)4)17-8-6-7-16(23)11-17/h6-11H,5,12H2,1-4H3. The van der Waals surface area contributed by atoms with Crippen molar-refractivity contribution in [2.75, 3.05) is 6.61 Å². The monoisotopic (exact) mass is 399 g/mol. The van der Waals surface area contributed by atoms with Crippen molar-refractivity contribution in [3.05, 3.63) is 74.5 Å². The first kappa shape index (κ1) is 20.0. The number of hydrogen-bond donors (Lipinski definition) is 0. The molecule has 6 heteroatoms. The lowest BCUT2D eigenvalue weighted by molar-refractivity contribution is 0.0479.